The highest BCUT2D eigenvalue weighted by Gasteiger charge is 2.49. The molecule has 0 bridgehead atoms. The van der Waals surface area contributed by atoms with E-state index >= 15 is 0 Å². The SMILES string of the molecule is CC(C)C[C@@H](C(=O)N1C(=O)OC[C@H]1Cc1ccccc1)c1cc(OS(=O)(=O)C(F)(F)F)cc(-c2ccc(C(F)(F)F)cc2)c1. The molecule has 3 aromatic rings. The van der Waals surface area contributed by atoms with Crippen molar-refractivity contribution in [1.82, 2.24) is 4.90 Å². The second-order valence-corrected chi connectivity index (χ2v) is 12.2. The van der Waals surface area contributed by atoms with E-state index in [4.69, 9.17) is 4.74 Å². The molecule has 1 saturated heterocycles. The van der Waals surface area contributed by atoms with Crippen LogP contribution in [0.25, 0.3) is 11.1 Å². The molecule has 0 saturated carbocycles. The summed E-state index contributed by atoms with van der Waals surface area (Å²) in [5.74, 6) is -2.95. The minimum Gasteiger partial charge on any atom is -0.447 e. The summed E-state index contributed by atoms with van der Waals surface area (Å²) in [6.07, 6.45) is -5.25. The van der Waals surface area contributed by atoms with Gasteiger partial charge in [-0.25, -0.2) is 9.69 Å². The van der Waals surface area contributed by atoms with Gasteiger partial charge in [0.05, 0.1) is 17.5 Å². The summed E-state index contributed by atoms with van der Waals surface area (Å²) in [6, 6.07) is 15.1. The fraction of sp³-hybridized carbons (Fsp3) is 0.333. The third-order valence-electron chi connectivity index (χ3n) is 6.88. The number of cyclic esters (lactones) is 1. The van der Waals surface area contributed by atoms with Crippen molar-refractivity contribution in [3.63, 3.8) is 0 Å². The number of ether oxygens (including phenoxy) is 1. The standard InChI is InChI=1S/C30H27F6NO6S/c1-18(2)12-26(27(38)37-24(17-42-28(37)39)13-19-6-4-3-5-7-19)22-14-21(20-8-10-23(11-9-20)29(31,32)33)15-25(16-22)43-44(40,41)30(34,35)36/h3-11,14-16,18,24,26H,12-13,17H2,1-2H3/t24-,26-/m1/s1. The number of amides is 2. The summed E-state index contributed by atoms with van der Waals surface area (Å²) in [6.45, 7) is 3.42. The molecule has 0 spiro atoms. The zero-order chi connectivity index (χ0) is 32.4. The van der Waals surface area contributed by atoms with Crippen LogP contribution in [0.2, 0.25) is 0 Å². The van der Waals surface area contributed by atoms with Crippen molar-refractivity contribution in [3.05, 3.63) is 89.5 Å². The lowest BCUT2D eigenvalue weighted by Gasteiger charge is -2.27. The Kier molecular flexibility index (Phi) is 9.33. The minimum absolute atomic E-state index is 0.00775. The Morgan fingerprint density at radius 1 is 0.955 bits per heavy atom. The van der Waals surface area contributed by atoms with Gasteiger partial charge in [0.15, 0.2) is 0 Å². The van der Waals surface area contributed by atoms with Gasteiger partial charge in [0.25, 0.3) is 0 Å². The highest BCUT2D eigenvalue weighted by Crippen LogP contribution is 2.38. The van der Waals surface area contributed by atoms with Crippen molar-refractivity contribution in [2.75, 3.05) is 6.61 Å². The first-order chi connectivity index (χ1) is 20.5. The van der Waals surface area contributed by atoms with Gasteiger partial charge in [0.1, 0.15) is 12.4 Å². The fourth-order valence-electron chi connectivity index (χ4n) is 4.85. The fourth-order valence-corrected chi connectivity index (χ4v) is 5.29. The van der Waals surface area contributed by atoms with Crippen molar-refractivity contribution < 1.29 is 53.3 Å². The maximum absolute atomic E-state index is 14.0. The van der Waals surface area contributed by atoms with Crippen LogP contribution < -0.4 is 4.18 Å². The number of rotatable bonds is 9. The third-order valence-corrected chi connectivity index (χ3v) is 7.86. The monoisotopic (exact) mass is 643 g/mol. The van der Waals surface area contributed by atoms with Crippen LogP contribution in [0.4, 0.5) is 31.1 Å². The smallest absolute Gasteiger partial charge is 0.447 e. The van der Waals surface area contributed by atoms with Crippen LogP contribution in [0.1, 0.15) is 42.9 Å². The largest absolute Gasteiger partial charge is 0.534 e. The van der Waals surface area contributed by atoms with E-state index in [2.05, 4.69) is 4.18 Å². The number of hydrogen-bond donors (Lipinski definition) is 0. The Morgan fingerprint density at radius 2 is 1.59 bits per heavy atom. The molecule has 1 aliphatic rings. The van der Waals surface area contributed by atoms with Crippen LogP contribution in [0.15, 0.2) is 72.8 Å². The van der Waals surface area contributed by atoms with Crippen molar-refractivity contribution in [3.8, 4) is 16.9 Å². The predicted molar refractivity (Wildman–Crippen MR) is 147 cm³/mol. The van der Waals surface area contributed by atoms with Gasteiger partial charge in [-0.3, -0.25) is 4.79 Å². The molecule has 1 heterocycles. The third kappa shape index (κ3) is 7.52. The van der Waals surface area contributed by atoms with E-state index in [-0.39, 0.29) is 42.1 Å². The molecule has 0 N–H and O–H groups in total. The van der Waals surface area contributed by atoms with E-state index in [1.54, 1.807) is 44.2 Å². The molecular weight excluding hydrogens is 616 g/mol. The van der Waals surface area contributed by atoms with Gasteiger partial charge >= 0.3 is 27.9 Å². The van der Waals surface area contributed by atoms with Crippen LogP contribution in [-0.2, 0) is 32.2 Å². The summed E-state index contributed by atoms with van der Waals surface area (Å²) in [4.78, 5) is 27.7. The lowest BCUT2D eigenvalue weighted by atomic mass is 9.86. The molecule has 44 heavy (non-hydrogen) atoms. The van der Waals surface area contributed by atoms with Gasteiger partial charge in [0.2, 0.25) is 5.91 Å². The van der Waals surface area contributed by atoms with Crippen molar-refractivity contribution in [2.45, 2.75) is 50.3 Å². The number of carbonyl (C=O) groups excluding carboxylic acids is 2. The summed E-state index contributed by atoms with van der Waals surface area (Å²) in [5, 5.41) is 0. The molecule has 3 aromatic carbocycles. The van der Waals surface area contributed by atoms with E-state index in [0.29, 0.717) is 0 Å². The lowest BCUT2D eigenvalue weighted by Crippen LogP contribution is -2.43. The first kappa shape index (κ1) is 32.8. The molecule has 4 rings (SSSR count). The Balaban J connectivity index is 1.80. The van der Waals surface area contributed by atoms with Gasteiger partial charge in [-0.15, -0.1) is 0 Å². The highest BCUT2D eigenvalue weighted by molar-refractivity contribution is 7.88. The van der Waals surface area contributed by atoms with E-state index in [9.17, 15) is 44.3 Å². The van der Waals surface area contributed by atoms with E-state index in [0.717, 1.165) is 46.9 Å². The number of halogens is 6. The maximum Gasteiger partial charge on any atom is 0.534 e. The molecule has 14 heteroatoms. The zero-order valence-electron chi connectivity index (χ0n) is 23.4. The Bertz CT molecular complexity index is 1610. The second kappa shape index (κ2) is 12.5. The quantitative estimate of drug-likeness (QED) is 0.138. The minimum atomic E-state index is -6.15. The van der Waals surface area contributed by atoms with E-state index < -0.39 is 57.1 Å². The number of hydrogen-bond acceptors (Lipinski definition) is 6. The lowest BCUT2D eigenvalue weighted by molar-refractivity contribution is -0.137. The van der Waals surface area contributed by atoms with Crippen LogP contribution in [-0.4, -0.2) is 43.5 Å². The predicted octanol–water partition coefficient (Wildman–Crippen LogP) is 7.32. The summed E-state index contributed by atoms with van der Waals surface area (Å²) < 4.78 is 112. The molecule has 0 aromatic heterocycles. The molecule has 1 fully saturated rings. The van der Waals surface area contributed by atoms with Crippen molar-refractivity contribution in [2.24, 2.45) is 5.92 Å². The second-order valence-electron chi connectivity index (χ2n) is 10.7. The van der Waals surface area contributed by atoms with Gasteiger partial charge in [-0.05, 0) is 65.3 Å². The van der Waals surface area contributed by atoms with Crippen LogP contribution >= 0.6 is 0 Å². The molecular formula is C30H27F6NO6S. The molecule has 0 radical (unpaired) electrons. The molecule has 0 aliphatic carbocycles. The number of benzene rings is 3. The van der Waals surface area contributed by atoms with E-state index in [1.165, 1.54) is 6.07 Å². The molecule has 2 amide bonds. The molecule has 0 unspecified atom stereocenters. The maximum atomic E-state index is 14.0. The average Bonchev–Trinajstić information content (AvgIpc) is 3.29. The Hall–Kier alpha value is -4.07. The molecule has 1 aliphatic heterocycles. The average molecular weight is 644 g/mol. The first-order valence-corrected chi connectivity index (χ1v) is 14.7. The van der Waals surface area contributed by atoms with Crippen molar-refractivity contribution in [1.29, 1.82) is 0 Å². The van der Waals surface area contributed by atoms with Gasteiger partial charge in [-0.2, -0.15) is 34.8 Å². The zero-order valence-corrected chi connectivity index (χ0v) is 24.2. The van der Waals surface area contributed by atoms with Gasteiger partial charge < -0.3 is 8.92 Å². The van der Waals surface area contributed by atoms with Crippen LogP contribution in [0.3, 0.4) is 0 Å². The van der Waals surface area contributed by atoms with Crippen LogP contribution in [0.5, 0.6) is 5.75 Å². The van der Waals surface area contributed by atoms with Crippen molar-refractivity contribution >= 4 is 22.1 Å². The Morgan fingerprint density at radius 3 is 2.16 bits per heavy atom. The molecule has 7 nitrogen and oxygen atoms in total. The number of imide groups is 1. The van der Waals surface area contributed by atoms with Crippen LogP contribution in [0, 0.1) is 5.92 Å². The summed E-state index contributed by atoms with van der Waals surface area (Å²) >= 11 is 0. The first-order valence-electron chi connectivity index (χ1n) is 13.3. The van der Waals surface area contributed by atoms with Gasteiger partial charge in [0, 0.05) is 0 Å². The van der Waals surface area contributed by atoms with E-state index in [1.807, 2.05) is 0 Å². The summed E-state index contributed by atoms with van der Waals surface area (Å²) in [5.41, 5.74) is -5.91. The van der Waals surface area contributed by atoms with Gasteiger partial charge in [-0.1, -0.05) is 62.4 Å². The highest BCUT2D eigenvalue weighted by atomic mass is 32.2. The number of alkyl halides is 6. The number of nitrogens with zero attached hydrogens (tertiary/aromatic N) is 1. The number of carbonyl (C=O) groups is 2. The molecule has 2 atom stereocenters. The summed E-state index contributed by atoms with van der Waals surface area (Å²) in [7, 11) is -6.15. The Labute approximate surface area is 249 Å². The normalized spacial score (nSPS) is 16.6. The molecule has 236 valence electrons. The topological polar surface area (TPSA) is 90.0 Å².